The van der Waals surface area contributed by atoms with Crippen LogP contribution < -0.4 is 15.5 Å². The summed E-state index contributed by atoms with van der Waals surface area (Å²) in [4.78, 5) is 1.38. The Kier molecular flexibility index (Phi) is 6.81. The molecule has 3 nitrogen and oxygen atoms in total. The van der Waals surface area contributed by atoms with E-state index in [9.17, 15) is 8.78 Å². The average Bonchev–Trinajstić information content (AvgIpc) is 2.34. The van der Waals surface area contributed by atoms with Gasteiger partial charge in [-0.2, -0.15) is 0 Å². The van der Waals surface area contributed by atoms with Crippen molar-refractivity contribution in [3.8, 4) is 0 Å². The van der Waals surface area contributed by atoms with Gasteiger partial charge in [0.25, 0.3) is 0 Å². The first kappa shape index (κ1) is 16.8. The summed E-state index contributed by atoms with van der Waals surface area (Å²) in [6, 6.07) is 3.24. The van der Waals surface area contributed by atoms with Gasteiger partial charge in [-0.25, -0.2) is 8.78 Å². The van der Waals surface area contributed by atoms with E-state index in [2.05, 4.69) is 24.7 Å². The van der Waals surface area contributed by atoms with Gasteiger partial charge in [-0.15, -0.1) is 0 Å². The molecule has 0 fully saturated rings. The van der Waals surface area contributed by atoms with Gasteiger partial charge in [0.1, 0.15) is 11.6 Å². The Bertz CT molecular complexity index is 452. The molecule has 0 aliphatic heterocycles. The lowest BCUT2D eigenvalue weighted by atomic mass is 10.1. The van der Waals surface area contributed by atoms with Crippen LogP contribution in [0.25, 0.3) is 0 Å². The van der Waals surface area contributed by atoms with Crippen molar-refractivity contribution in [3.63, 3.8) is 0 Å². The molecule has 3 N–H and O–H groups in total. The van der Waals surface area contributed by atoms with Crippen LogP contribution in [-0.4, -0.2) is 32.3 Å². The van der Waals surface area contributed by atoms with Crippen LogP contribution in [0.3, 0.4) is 0 Å². The van der Waals surface area contributed by atoms with Crippen molar-refractivity contribution in [3.05, 3.63) is 35.4 Å². The molecule has 0 spiro atoms. The summed E-state index contributed by atoms with van der Waals surface area (Å²) in [5.41, 5.74) is 0.397. The lowest BCUT2D eigenvalue weighted by Gasteiger charge is -2.18. The van der Waals surface area contributed by atoms with Gasteiger partial charge in [0.2, 0.25) is 0 Å². The number of benzene rings is 1. The molecule has 0 amide bonds. The number of quaternary nitrogens is 1. The SMILES string of the molecule is C[C@H](NC(=S)NCCC[NH+](C)C)c1ccc(F)cc1F. The third-order valence-corrected chi connectivity index (χ3v) is 3.18. The summed E-state index contributed by atoms with van der Waals surface area (Å²) in [6.07, 6.45) is 1.00. The van der Waals surface area contributed by atoms with Crippen LogP contribution in [0.1, 0.15) is 24.9 Å². The minimum Gasteiger partial charge on any atom is -0.362 e. The normalized spacial score (nSPS) is 12.3. The summed E-state index contributed by atoms with van der Waals surface area (Å²) in [7, 11) is 4.19. The number of halogens is 2. The number of hydrogen-bond donors (Lipinski definition) is 3. The average molecular weight is 302 g/mol. The third-order valence-electron chi connectivity index (χ3n) is 2.92. The largest absolute Gasteiger partial charge is 0.362 e. The van der Waals surface area contributed by atoms with Gasteiger partial charge >= 0.3 is 0 Å². The van der Waals surface area contributed by atoms with E-state index in [0.717, 1.165) is 25.6 Å². The molecular weight excluding hydrogens is 280 g/mol. The summed E-state index contributed by atoms with van der Waals surface area (Å²) < 4.78 is 26.4. The van der Waals surface area contributed by atoms with Gasteiger partial charge in [0.15, 0.2) is 5.11 Å². The van der Waals surface area contributed by atoms with Crippen LogP contribution in [0.15, 0.2) is 18.2 Å². The van der Waals surface area contributed by atoms with Gasteiger partial charge in [-0.3, -0.25) is 0 Å². The van der Waals surface area contributed by atoms with Crippen molar-refractivity contribution in [1.82, 2.24) is 10.6 Å². The summed E-state index contributed by atoms with van der Waals surface area (Å²) in [5, 5.41) is 6.56. The van der Waals surface area contributed by atoms with E-state index in [-0.39, 0.29) is 6.04 Å². The Labute approximate surface area is 124 Å². The highest BCUT2D eigenvalue weighted by atomic mass is 32.1. The Morgan fingerprint density at radius 1 is 1.35 bits per heavy atom. The van der Waals surface area contributed by atoms with Crippen molar-refractivity contribution in [1.29, 1.82) is 0 Å². The Morgan fingerprint density at radius 3 is 2.65 bits per heavy atom. The topological polar surface area (TPSA) is 28.5 Å². The Morgan fingerprint density at radius 2 is 2.05 bits per heavy atom. The smallest absolute Gasteiger partial charge is 0.166 e. The van der Waals surface area contributed by atoms with E-state index < -0.39 is 11.6 Å². The first-order valence-electron chi connectivity index (χ1n) is 6.68. The molecule has 1 aromatic carbocycles. The molecule has 0 aliphatic rings. The van der Waals surface area contributed by atoms with Crippen molar-refractivity contribution in [2.75, 3.05) is 27.2 Å². The molecule has 0 saturated carbocycles. The maximum absolute atomic E-state index is 13.6. The summed E-state index contributed by atoms with van der Waals surface area (Å²) >= 11 is 5.15. The maximum atomic E-state index is 13.6. The second-order valence-corrected chi connectivity index (χ2v) is 5.51. The molecule has 1 aromatic rings. The van der Waals surface area contributed by atoms with Crippen molar-refractivity contribution in [2.24, 2.45) is 0 Å². The molecule has 6 heteroatoms. The van der Waals surface area contributed by atoms with Gasteiger partial charge in [-0.1, -0.05) is 6.07 Å². The number of thiocarbonyl (C=S) groups is 1. The molecule has 0 bridgehead atoms. The summed E-state index contributed by atoms with van der Waals surface area (Å²) in [5.74, 6) is -1.14. The minimum atomic E-state index is -0.578. The number of rotatable bonds is 6. The fourth-order valence-electron chi connectivity index (χ4n) is 1.82. The predicted octanol–water partition coefficient (Wildman–Crippen LogP) is 1.02. The second-order valence-electron chi connectivity index (χ2n) is 5.10. The molecule has 0 aromatic heterocycles. The standard InChI is InChI=1S/C14H21F2N3S/c1-10(12-6-5-11(15)9-13(12)16)18-14(20)17-7-4-8-19(2)3/h5-6,9-10H,4,7-8H2,1-3H3,(H2,17,18,20)/p+1/t10-/m0/s1. The van der Waals surface area contributed by atoms with Crippen LogP contribution in [0.4, 0.5) is 8.78 Å². The van der Waals surface area contributed by atoms with E-state index in [0.29, 0.717) is 10.7 Å². The Hall–Kier alpha value is -1.27. The van der Waals surface area contributed by atoms with Gasteiger partial charge in [0.05, 0.1) is 26.7 Å². The first-order chi connectivity index (χ1) is 9.40. The van der Waals surface area contributed by atoms with Crippen LogP contribution >= 0.6 is 12.2 Å². The van der Waals surface area contributed by atoms with E-state index in [4.69, 9.17) is 12.2 Å². The zero-order valence-corrected chi connectivity index (χ0v) is 12.9. The molecular formula is C14H22F2N3S+. The summed E-state index contributed by atoms with van der Waals surface area (Å²) in [6.45, 7) is 3.61. The molecule has 1 atom stereocenters. The predicted molar refractivity (Wildman–Crippen MR) is 80.8 cm³/mol. The first-order valence-corrected chi connectivity index (χ1v) is 7.09. The van der Waals surface area contributed by atoms with Crippen molar-refractivity contribution >= 4 is 17.3 Å². The van der Waals surface area contributed by atoms with Crippen LogP contribution in [0.2, 0.25) is 0 Å². The quantitative estimate of drug-likeness (QED) is 0.541. The zero-order valence-electron chi connectivity index (χ0n) is 12.1. The maximum Gasteiger partial charge on any atom is 0.166 e. The van der Waals surface area contributed by atoms with Gasteiger partial charge in [-0.05, 0) is 25.2 Å². The Balaban J connectivity index is 2.41. The van der Waals surface area contributed by atoms with E-state index in [1.165, 1.54) is 17.0 Å². The van der Waals surface area contributed by atoms with Crippen LogP contribution in [-0.2, 0) is 0 Å². The molecule has 1 rings (SSSR count). The number of nitrogens with one attached hydrogen (secondary N) is 3. The van der Waals surface area contributed by atoms with Crippen LogP contribution in [0.5, 0.6) is 0 Å². The minimum absolute atomic E-state index is 0.310. The van der Waals surface area contributed by atoms with Gasteiger partial charge < -0.3 is 15.5 Å². The van der Waals surface area contributed by atoms with Gasteiger partial charge in [0, 0.05) is 24.6 Å². The van der Waals surface area contributed by atoms with Crippen molar-refractivity contribution in [2.45, 2.75) is 19.4 Å². The molecule has 0 unspecified atom stereocenters. The monoisotopic (exact) mass is 302 g/mol. The van der Waals surface area contributed by atoms with E-state index >= 15 is 0 Å². The van der Waals surface area contributed by atoms with E-state index in [1.807, 2.05) is 0 Å². The lowest BCUT2D eigenvalue weighted by molar-refractivity contribution is -0.858. The highest BCUT2D eigenvalue weighted by Gasteiger charge is 2.12. The fourth-order valence-corrected chi connectivity index (χ4v) is 2.10. The fraction of sp³-hybridized carbons (Fsp3) is 0.500. The molecule has 112 valence electrons. The lowest BCUT2D eigenvalue weighted by Crippen LogP contribution is -3.05. The molecule has 0 heterocycles. The van der Waals surface area contributed by atoms with Crippen molar-refractivity contribution < 1.29 is 13.7 Å². The number of hydrogen-bond acceptors (Lipinski definition) is 1. The zero-order chi connectivity index (χ0) is 15.1. The molecule has 20 heavy (non-hydrogen) atoms. The molecule has 0 radical (unpaired) electrons. The highest BCUT2D eigenvalue weighted by molar-refractivity contribution is 7.80. The third kappa shape index (κ3) is 5.79. The molecule has 0 saturated heterocycles. The van der Waals surface area contributed by atoms with E-state index in [1.54, 1.807) is 6.92 Å². The second kappa shape index (κ2) is 8.11. The van der Waals surface area contributed by atoms with Crippen LogP contribution in [0, 0.1) is 11.6 Å². The molecule has 0 aliphatic carbocycles. The highest BCUT2D eigenvalue weighted by Crippen LogP contribution is 2.17.